The molecule has 132 valence electrons. The van der Waals surface area contributed by atoms with Crippen molar-refractivity contribution in [2.45, 2.75) is 50.6 Å². The van der Waals surface area contributed by atoms with Gasteiger partial charge >= 0.3 is 0 Å². The van der Waals surface area contributed by atoms with Crippen LogP contribution in [0.15, 0.2) is 12.4 Å². The van der Waals surface area contributed by atoms with E-state index in [-0.39, 0.29) is 29.5 Å². The first kappa shape index (κ1) is 17.1. The topological polar surface area (TPSA) is 92.3 Å². The second-order valence-corrected chi connectivity index (χ2v) is 8.98. The third-order valence-electron chi connectivity index (χ3n) is 4.91. The number of rotatable bonds is 4. The fraction of sp³-hybridized carbons (Fsp3) is 0.688. The molecule has 7 nitrogen and oxygen atoms in total. The molecule has 0 spiro atoms. The lowest BCUT2D eigenvalue weighted by Gasteiger charge is -2.24. The summed E-state index contributed by atoms with van der Waals surface area (Å²) in [5, 5.41) is 3.04. The molecule has 0 aromatic carbocycles. The monoisotopic (exact) mass is 352 g/mol. The summed E-state index contributed by atoms with van der Waals surface area (Å²) in [5.74, 6) is 0.659. The van der Waals surface area contributed by atoms with Crippen LogP contribution in [0.1, 0.15) is 48.9 Å². The standard InChI is InChI=1S/C16H24N4O3S/c1-20(14-7-8-24(22,23)11-14)16-17-9-12(10-18-16)15(21)19-13-5-3-2-4-6-13/h9-10,13-14H,2-8,11H2,1H3,(H,19,21). The fourth-order valence-electron chi connectivity index (χ4n) is 3.38. The van der Waals surface area contributed by atoms with E-state index in [1.54, 1.807) is 11.9 Å². The van der Waals surface area contributed by atoms with E-state index >= 15 is 0 Å². The van der Waals surface area contributed by atoms with E-state index in [4.69, 9.17) is 0 Å². The van der Waals surface area contributed by atoms with Crippen molar-refractivity contribution in [1.82, 2.24) is 15.3 Å². The van der Waals surface area contributed by atoms with Gasteiger partial charge in [-0.05, 0) is 19.3 Å². The van der Waals surface area contributed by atoms with Crippen molar-refractivity contribution < 1.29 is 13.2 Å². The molecule has 8 heteroatoms. The number of carbonyl (C=O) groups is 1. The summed E-state index contributed by atoms with van der Waals surface area (Å²) >= 11 is 0. The second kappa shape index (κ2) is 7.04. The normalized spacial score (nSPS) is 23.8. The van der Waals surface area contributed by atoms with E-state index in [0.717, 1.165) is 25.7 Å². The summed E-state index contributed by atoms with van der Waals surface area (Å²) < 4.78 is 23.2. The van der Waals surface area contributed by atoms with Gasteiger partial charge < -0.3 is 10.2 Å². The van der Waals surface area contributed by atoms with Crippen molar-refractivity contribution in [3.63, 3.8) is 0 Å². The molecule has 1 saturated carbocycles. The summed E-state index contributed by atoms with van der Waals surface area (Å²) in [5.41, 5.74) is 0.441. The highest BCUT2D eigenvalue weighted by Gasteiger charge is 2.31. The first-order valence-corrected chi connectivity index (χ1v) is 10.3. The number of aromatic nitrogens is 2. The number of nitrogens with one attached hydrogen (secondary N) is 1. The number of hydrogen-bond donors (Lipinski definition) is 1. The van der Waals surface area contributed by atoms with E-state index in [0.29, 0.717) is 17.9 Å². The average Bonchev–Trinajstić information content (AvgIpc) is 2.95. The number of amides is 1. The fourth-order valence-corrected chi connectivity index (χ4v) is 5.15. The van der Waals surface area contributed by atoms with Gasteiger partial charge in [0.2, 0.25) is 5.95 Å². The van der Waals surface area contributed by atoms with Crippen LogP contribution >= 0.6 is 0 Å². The Morgan fingerprint density at radius 1 is 1.17 bits per heavy atom. The molecular weight excluding hydrogens is 328 g/mol. The Bertz CT molecular complexity index is 684. The molecule has 24 heavy (non-hydrogen) atoms. The highest BCUT2D eigenvalue weighted by Crippen LogP contribution is 2.20. The summed E-state index contributed by atoms with van der Waals surface area (Å²) in [6.45, 7) is 0. The largest absolute Gasteiger partial charge is 0.349 e. The van der Waals surface area contributed by atoms with Gasteiger partial charge in [-0.15, -0.1) is 0 Å². The van der Waals surface area contributed by atoms with E-state index in [1.807, 2.05) is 0 Å². The zero-order valence-electron chi connectivity index (χ0n) is 13.9. The van der Waals surface area contributed by atoms with Gasteiger partial charge in [-0.1, -0.05) is 19.3 Å². The van der Waals surface area contributed by atoms with Crippen LogP contribution in [0, 0.1) is 0 Å². The molecule has 1 N–H and O–H groups in total. The molecule has 0 bridgehead atoms. The molecule has 1 aromatic heterocycles. The van der Waals surface area contributed by atoms with Crippen molar-refractivity contribution >= 4 is 21.7 Å². The zero-order chi connectivity index (χ0) is 17.2. The zero-order valence-corrected chi connectivity index (χ0v) is 14.8. The van der Waals surface area contributed by atoms with Crippen molar-refractivity contribution in [3.05, 3.63) is 18.0 Å². The molecule has 1 saturated heterocycles. The van der Waals surface area contributed by atoms with Crippen LogP contribution in [0.4, 0.5) is 5.95 Å². The number of anilines is 1. The van der Waals surface area contributed by atoms with E-state index in [2.05, 4.69) is 15.3 Å². The predicted octanol–water partition coefficient (Wildman–Crippen LogP) is 1.16. The Balaban J connectivity index is 1.61. The quantitative estimate of drug-likeness (QED) is 0.874. The first-order chi connectivity index (χ1) is 11.4. The lowest BCUT2D eigenvalue weighted by atomic mass is 9.95. The van der Waals surface area contributed by atoms with Crippen LogP contribution in [-0.2, 0) is 9.84 Å². The Kier molecular flexibility index (Phi) is 5.03. The Hall–Kier alpha value is -1.70. The van der Waals surface area contributed by atoms with Gasteiger partial charge in [0.1, 0.15) is 0 Å². The number of nitrogens with zero attached hydrogens (tertiary/aromatic N) is 3. The van der Waals surface area contributed by atoms with Gasteiger partial charge in [0.25, 0.3) is 5.91 Å². The predicted molar refractivity (Wildman–Crippen MR) is 91.8 cm³/mol. The Labute approximate surface area is 142 Å². The smallest absolute Gasteiger partial charge is 0.254 e. The number of carbonyl (C=O) groups excluding carboxylic acids is 1. The SMILES string of the molecule is CN(c1ncc(C(=O)NC2CCCCC2)cn1)C1CCS(=O)(=O)C1. The Morgan fingerprint density at radius 2 is 1.83 bits per heavy atom. The van der Waals surface area contributed by atoms with Crippen LogP contribution in [0.3, 0.4) is 0 Å². The first-order valence-electron chi connectivity index (χ1n) is 8.51. The summed E-state index contributed by atoms with van der Waals surface area (Å²) in [4.78, 5) is 22.5. The molecule has 1 unspecified atom stereocenters. The summed E-state index contributed by atoms with van der Waals surface area (Å²) in [7, 11) is -1.15. The van der Waals surface area contributed by atoms with Gasteiger partial charge in [0.05, 0.1) is 17.1 Å². The van der Waals surface area contributed by atoms with E-state index in [9.17, 15) is 13.2 Å². The lowest BCUT2D eigenvalue weighted by Crippen LogP contribution is -2.36. The maximum Gasteiger partial charge on any atom is 0.254 e. The number of sulfone groups is 1. The van der Waals surface area contributed by atoms with Gasteiger partial charge in [-0.3, -0.25) is 4.79 Å². The lowest BCUT2D eigenvalue weighted by molar-refractivity contribution is 0.0927. The van der Waals surface area contributed by atoms with Crippen LogP contribution in [-0.4, -0.2) is 54.9 Å². The maximum atomic E-state index is 12.3. The maximum absolute atomic E-state index is 12.3. The van der Waals surface area contributed by atoms with Gasteiger partial charge in [-0.25, -0.2) is 18.4 Å². The van der Waals surface area contributed by atoms with Crippen LogP contribution in [0.5, 0.6) is 0 Å². The molecule has 2 fully saturated rings. The van der Waals surface area contributed by atoms with Crippen LogP contribution < -0.4 is 10.2 Å². The molecule has 0 radical (unpaired) electrons. The van der Waals surface area contributed by atoms with Crippen LogP contribution in [0.2, 0.25) is 0 Å². The Morgan fingerprint density at radius 3 is 2.42 bits per heavy atom. The molecule has 1 aliphatic heterocycles. The van der Waals surface area contributed by atoms with Crippen molar-refractivity contribution in [2.75, 3.05) is 23.5 Å². The average molecular weight is 352 g/mol. The third-order valence-corrected chi connectivity index (χ3v) is 6.66. The second-order valence-electron chi connectivity index (χ2n) is 6.75. The molecular formula is C16H24N4O3S. The molecule has 1 aliphatic carbocycles. The minimum atomic E-state index is -2.95. The summed E-state index contributed by atoms with van der Waals surface area (Å²) in [6, 6.07) is 0.147. The molecule has 2 heterocycles. The summed E-state index contributed by atoms with van der Waals surface area (Å²) in [6.07, 6.45) is 9.25. The van der Waals surface area contributed by atoms with Gasteiger partial charge in [0.15, 0.2) is 9.84 Å². The molecule has 1 atom stereocenters. The molecule has 3 rings (SSSR count). The van der Waals surface area contributed by atoms with E-state index < -0.39 is 9.84 Å². The molecule has 2 aliphatic rings. The van der Waals surface area contributed by atoms with Crippen LogP contribution in [0.25, 0.3) is 0 Å². The van der Waals surface area contributed by atoms with Gasteiger partial charge in [-0.2, -0.15) is 0 Å². The minimum absolute atomic E-state index is 0.100. The van der Waals surface area contributed by atoms with E-state index in [1.165, 1.54) is 18.8 Å². The van der Waals surface area contributed by atoms with Crippen molar-refractivity contribution in [1.29, 1.82) is 0 Å². The molecule has 1 amide bonds. The molecule has 1 aromatic rings. The van der Waals surface area contributed by atoms with Crippen molar-refractivity contribution in [2.24, 2.45) is 0 Å². The minimum Gasteiger partial charge on any atom is -0.349 e. The van der Waals surface area contributed by atoms with Gasteiger partial charge in [0, 0.05) is 31.5 Å². The third kappa shape index (κ3) is 4.03. The highest BCUT2D eigenvalue weighted by atomic mass is 32.2. The number of hydrogen-bond acceptors (Lipinski definition) is 6. The highest BCUT2D eigenvalue weighted by molar-refractivity contribution is 7.91. The van der Waals surface area contributed by atoms with Crippen molar-refractivity contribution in [3.8, 4) is 0 Å².